The van der Waals surface area contributed by atoms with Gasteiger partial charge < -0.3 is 20.3 Å². The van der Waals surface area contributed by atoms with Gasteiger partial charge in [0.05, 0.1) is 5.60 Å². The Morgan fingerprint density at radius 2 is 2.19 bits per heavy atom. The number of urea groups is 1. The smallest absolute Gasteiger partial charge is 0.314 e. The molecule has 1 aliphatic rings. The van der Waals surface area contributed by atoms with Gasteiger partial charge in [0.1, 0.15) is 0 Å². The first-order valence-electron chi connectivity index (χ1n) is 7.43. The minimum atomic E-state index is -0.711. The molecule has 2 rings (SSSR count). The second kappa shape index (κ2) is 7.70. The van der Waals surface area contributed by atoms with Crippen LogP contribution in [0.4, 0.5) is 4.79 Å². The van der Waals surface area contributed by atoms with Gasteiger partial charge in [0.15, 0.2) is 5.16 Å². The van der Waals surface area contributed by atoms with E-state index in [1.54, 1.807) is 18.0 Å². The molecule has 0 radical (unpaired) electrons. The Kier molecular flexibility index (Phi) is 5.93. The standard InChI is InChI=1S/C14H24N4O2S/c1-18-9-7-16-13(18)21-10-8-15-12(19)17-11-14(20)5-3-2-4-6-14/h7,9,20H,2-6,8,10-11H2,1H3,(H2,15,17,19). The minimum Gasteiger partial charge on any atom is -0.388 e. The third kappa shape index (κ3) is 5.24. The first kappa shape index (κ1) is 16.2. The quantitative estimate of drug-likeness (QED) is 0.549. The van der Waals surface area contributed by atoms with Crippen LogP contribution in [0.1, 0.15) is 32.1 Å². The van der Waals surface area contributed by atoms with E-state index in [4.69, 9.17) is 0 Å². The molecular weight excluding hydrogens is 288 g/mol. The molecule has 0 aromatic carbocycles. The zero-order chi connectivity index (χ0) is 15.1. The van der Waals surface area contributed by atoms with Gasteiger partial charge in [-0.15, -0.1) is 0 Å². The number of imidazole rings is 1. The number of rotatable bonds is 6. The number of carbonyl (C=O) groups is 1. The van der Waals surface area contributed by atoms with Gasteiger partial charge in [-0.25, -0.2) is 9.78 Å². The zero-order valence-corrected chi connectivity index (χ0v) is 13.3. The van der Waals surface area contributed by atoms with Crippen molar-refractivity contribution >= 4 is 17.8 Å². The second-order valence-corrected chi connectivity index (χ2v) is 6.63. The van der Waals surface area contributed by atoms with Gasteiger partial charge in [0, 0.05) is 38.3 Å². The van der Waals surface area contributed by atoms with Crippen LogP contribution in [-0.4, -0.2) is 45.1 Å². The van der Waals surface area contributed by atoms with Crippen molar-refractivity contribution in [2.75, 3.05) is 18.8 Å². The molecule has 7 heteroatoms. The fourth-order valence-corrected chi connectivity index (χ4v) is 3.28. The van der Waals surface area contributed by atoms with Crippen LogP contribution in [0.15, 0.2) is 17.6 Å². The summed E-state index contributed by atoms with van der Waals surface area (Å²) in [6, 6.07) is -0.213. The van der Waals surface area contributed by atoms with Crippen molar-refractivity contribution in [3.63, 3.8) is 0 Å². The van der Waals surface area contributed by atoms with Gasteiger partial charge in [0.25, 0.3) is 0 Å². The van der Waals surface area contributed by atoms with Crippen LogP contribution in [-0.2, 0) is 7.05 Å². The van der Waals surface area contributed by atoms with Gasteiger partial charge in [0.2, 0.25) is 0 Å². The van der Waals surface area contributed by atoms with E-state index in [0.29, 0.717) is 13.1 Å². The molecule has 0 atom stereocenters. The third-order valence-corrected chi connectivity index (χ3v) is 4.82. The van der Waals surface area contributed by atoms with Gasteiger partial charge in [-0.3, -0.25) is 0 Å². The lowest BCUT2D eigenvalue weighted by atomic mass is 9.85. The Balaban J connectivity index is 1.58. The minimum absolute atomic E-state index is 0.213. The van der Waals surface area contributed by atoms with Crippen LogP contribution < -0.4 is 10.6 Å². The molecule has 6 nitrogen and oxygen atoms in total. The highest BCUT2D eigenvalue weighted by Crippen LogP contribution is 2.27. The summed E-state index contributed by atoms with van der Waals surface area (Å²) in [6.45, 7) is 0.910. The summed E-state index contributed by atoms with van der Waals surface area (Å²) in [7, 11) is 1.94. The number of aromatic nitrogens is 2. The maximum absolute atomic E-state index is 11.7. The molecule has 0 aliphatic heterocycles. The number of amides is 2. The van der Waals surface area contributed by atoms with Crippen molar-refractivity contribution < 1.29 is 9.90 Å². The number of nitrogens with one attached hydrogen (secondary N) is 2. The monoisotopic (exact) mass is 312 g/mol. The van der Waals surface area contributed by atoms with Crippen LogP contribution in [0.3, 0.4) is 0 Å². The number of carbonyl (C=O) groups excluding carboxylic acids is 1. The lowest BCUT2D eigenvalue weighted by molar-refractivity contribution is 0.00721. The zero-order valence-electron chi connectivity index (χ0n) is 12.5. The van der Waals surface area contributed by atoms with E-state index in [-0.39, 0.29) is 6.03 Å². The first-order chi connectivity index (χ1) is 10.1. The summed E-state index contributed by atoms with van der Waals surface area (Å²) in [4.78, 5) is 15.9. The van der Waals surface area contributed by atoms with Crippen molar-refractivity contribution in [3.05, 3.63) is 12.4 Å². The highest BCUT2D eigenvalue weighted by Gasteiger charge is 2.29. The molecule has 0 bridgehead atoms. The molecule has 0 saturated heterocycles. The van der Waals surface area contributed by atoms with Gasteiger partial charge in [-0.05, 0) is 12.8 Å². The molecule has 1 aliphatic carbocycles. The van der Waals surface area contributed by atoms with Crippen LogP contribution in [0.5, 0.6) is 0 Å². The fourth-order valence-electron chi connectivity index (χ4n) is 2.49. The van der Waals surface area contributed by atoms with E-state index >= 15 is 0 Å². The van der Waals surface area contributed by atoms with Gasteiger partial charge in [-0.2, -0.15) is 0 Å². The molecular formula is C14H24N4O2S. The Bertz CT molecular complexity index is 458. The van der Waals surface area contributed by atoms with Crippen molar-refractivity contribution in [1.29, 1.82) is 0 Å². The molecule has 1 fully saturated rings. The SMILES string of the molecule is Cn1ccnc1SCCNC(=O)NCC1(O)CCCCC1. The molecule has 1 aromatic heterocycles. The van der Waals surface area contributed by atoms with Crippen LogP contribution >= 0.6 is 11.8 Å². The van der Waals surface area contributed by atoms with E-state index in [0.717, 1.165) is 36.6 Å². The summed E-state index contributed by atoms with van der Waals surface area (Å²) in [5.41, 5.74) is -0.711. The van der Waals surface area contributed by atoms with Crippen LogP contribution in [0, 0.1) is 0 Å². The number of hydrogen-bond acceptors (Lipinski definition) is 4. The number of thioether (sulfide) groups is 1. The average Bonchev–Trinajstić information content (AvgIpc) is 2.88. The number of aliphatic hydroxyl groups is 1. The predicted octanol–water partition coefficient (Wildman–Crippen LogP) is 1.51. The Morgan fingerprint density at radius 1 is 1.43 bits per heavy atom. The predicted molar refractivity (Wildman–Crippen MR) is 83.4 cm³/mol. The lowest BCUT2D eigenvalue weighted by Crippen LogP contribution is -2.47. The number of nitrogens with zero attached hydrogens (tertiary/aromatic N) is 2. The largest absolute Gasteiger partial charge is 0.388 e. The Morgan fingerprint density at radius 3 is 2.86 bits per heavy atom. The van der Waals surface area contributed by atoms with E-state index in [9.17, 15) is 9.90 Å². The molecule has 1 aromatic rings. The second-order valence-electron chi connectivity index (χ2n) is 5.56. The molecule has 118 valence electrons. The first-order valence-corrected chi connectivity index (χ1v) is 8.42. The van der Waals surface area contributed by atoms with Crippen molar-refractivity contribution in [2.24, 2.45) is 7.05 Å². The summed E-state index contributed by atoms with van der Waals surface area (Å²) < 4.78 is 1.95. The number of hydrogen-bond donors (Lipinski definition) is 3. The molecule has 0 spiro atoms. The highest BCUT2D eigenvalue weighted by molar-refractivity contribution is 7.99. The lowest BCUT2D eigenvalue weighted by Gasteiger charge is -2.32. The van der Waals surface area contributed by atoms with E-state index in [1.807, 2.05) is 17.8 Å². The average molecular weight is 312 g/mol. The number of aryl methyl sites for hydroxylation is 1. The Labute approximate surface area is 129 Å². The summed E-state index contributed by atoms with van der Waals surface area (Å²) in [5, 5.41) is 16.8. The summed E-state index contributed by atoms with van der Waals surface area (Å²) in [6.07, 6.45) is 8.48. The molecule has 0 unspecified atom stereocenters. The van der Waals surface area contributed by atoms with Crippen molar-refractivity contribution in [3.8, 4) is 0 Å². The van der Waals surface area contributed by atoms with E-state index in [2.05, 4.69) is 15.6 Å². The van der Waals surface area contributed by atoms with Crippen molar-refractivity contribution in [1.82, 2.24) is 20.2 Å². The summed E-state index contributed by atoms with van der Waals surface area (Å²) >= 11 is 1.60. The Hall–Kier alpha value is -1.21. The molecule has 21 heavy (non-hydrogen) atoms. The van der Waals surface area contributed by atoms with E-state index < -0.39 is 5.60 Å². The highest BCUT2D eigenvalue weighted by atomic mass is 32.2. The normalized spacial score (nSPS) is 17.4. The van der Waals surface area contributed by atoms with E-state index in [1.165, 1.54) is 6.42 Å². The van der Waals surface area contributed by atoms with Gasteiger partial charge in [-0.1, -0.05) is 31.0 Å². The van der Waals surface area contributed by atoms with Gasteiger partial charge >= 0.3 is 6.03 Å². The van der Waals surface area contributed by atoms with Crippen LogP contribution in [0.25, 0.3) is 0 Å². The third-order valence-electron chi connectivity index (χ3n) is 3.76. The molecule has 1 saturated carbocycles. The van der Waals surface area contributed by atoms with Crippen molar-refractivity contribution in [2.45, 2.75) is 42.9 Å². The maximum Gasteiger partial charge on any atom is 0.314 e. The summed E-state index contributed by atoms with van der Waals surface area (Å²) in [5.74, 6) is 0.766. The van der Waals surface area contributed by atoms with Crippen LogP contribution in [0.2, 0.25) is 0 Å². The maximum atomic E-state index is 11.7. The molecule has 1 heterocycles. The topological polar surface area (TPSA) is 79.2 Å². The fraction of sp³-hybridized carbons (Fsp3) is 0.714. The molecule has 3 N–H and O–H groups in total. The molecule has 2 amide bonds.